The summed E-state index contributed by atoms with van der Waals surface area (Å²) < 4.78 is 1.83. The van der Waals surface area contributed by atoms with Gasteiger partial charge in [-0.25, -0.2) is 9.50 Å². The van der Waals surface area contributed by atoms with Crippen molar-refractivity contribution < 1.29 is 5.11 Å². The maximum absolute atomic E-state index is 9.78. The van der Waals surface area contributed by atoms with Gasteiger partial charge in [0.1, 0.15) is 5.01 Å². The summed E-state index contributed by atoms with van der Waals surface area (Å²) in [7, 11) is 0. The quantitative estimate of drug-likeness (QED) is 0.806. The Labute approximate surface area is 127 Å². The van der Waals surface area contributed by atoms with E-state index in [4.69, 9.17) is 4.98 Å². The zero-order valence-electron chi connectivity index (χ0n) is 12.1. The summed E-state index contributed by atoms with van der Waals surface area (Å²) in [6.45, 7) is 4.12. The molecule has 0 unspecified atom stereocenters. The number of hydrogen-bond acceptors (Lipinski definition) is 4. The van der Waals surface area contributed by atoms with E-state index >= 15 is 0 Å². The van der Waals surface area contributed by atoms with E-state index in [2.05, 4.69) is 37.1 Å². The minimum Gasteiger partial charge on any atom is -0.390 e. The van der Waals surface area contributed by atoms with E-state index in [1.54, 1.807) is 11.3 Å². The standard InChI is InChI=1S/C16H17N3OS/c1-9-3-6-12(10(2)7-9)14-13(8-20)19-16(17-14)21-15(18-19)11-4-5-11/h3,6-7,11,20H,4-5,8H2,1-2H3. The largest absolute Gasteiger partial charge is 0.390 e. The molecule has 0 atom stereocenters. The van der Waals surface area contributed by atoms with Crippen LogP contribution < -0.4 is 0 Å². The van der Waals surface area contributed by atoms with Gasteiger partial charge in [0, 0.05) is 11.5 Å². The Kier molecular flexibility index (Phi) is 2.87. The molecule has 1 N–H and O–H groups in total. The number of aryl methyl sites for hydroxylation is 2. The first-order chi connectivity index (χ1) is 10.2. The molecule has 0 saturated heterocycles. The fourth-order valence-electron chi connectivity index (χ4n) is 2.74. The summed E-state index contributed by atoms with van der Waals surface area (Å²) in [5.74, 6) is 0.618. The van der Waals surface area contributed by atoms with E-state index in [0.717, 1.165) is 26.9 Å². The van der Waals surface area contributed by atoms with Gasteiger partial charge in [0.05, 0.1) is 18.0 Å². The highest BCUT2D eigenvalue weighted by Crippen LogP contribution is 2.42. The molecule has 2 aromatic heterocycles. The molecule has 0 radical (unpaired) electrons. The summed E-state index contributed by atoms with van der Waals surface area (Å²) >= 11 is 1.65. The molecule has 2 heterocycles. The minimum atomic E-state index is -0.0440. The maximum Gasteiger partial charge on any atom is 0.213 e. The van der Waals surface area contributed by atoms with Crippen LogP contribution in [0.2, 0.25) is 0 Å². The zero-order chi connectivity index (χ0) is 14.6. The lowest BCUT2D eigenvalue weighted by Gasteiger charge is -2.06. The first kappa shape index (κ1) is 13.0. The topological polar surface area (TPSA) is 50.4 Å². The Morgan fingerprint density at radius 2 is 2.14 bits per heavy atom. The van der Waals surface area contributed by atoms with Gasteiger partial charge in [0.2, 0.25) is 4.96 Å². The molecule has 21 heavy (non-hydrogen) atoms. The number of nitrogens with zero attached hydrogens (tertiary/aromatic N) is 3. The highest BCUT2D eigenvalue weighted by molar-refractivity contribution is 7.16. The van der Waals surface area contributed by atoms with Crippen LogP contribution in [-0.2, 0) is 6.61 Å². The summed E-state index contributed by atoms with van der Waals surface area (Å²) in [4.78, 5) is 5.62. The molecule has 1 aliphatic rings. The molecular weight excluding hydrogens is 282 g/mol. The van der Waals surface area contributed by atoms with Gasteiger partial charge in [-0.3, -0.25) is 0 Å². The van der Waals surface area contributed by atoms with Crippen molar-refractivity contribution in [2.24, 2.45) is 0 Å². The van der Waals surface area contributed by atoms with Crippen molar-refractivity contribution in [2.45, 2.75) is 39.2 Å². The average Bonchev–Trinajstić information content (AvgIpc) is 3.13. The number of aromatic nitrogens is 3. The SMILES string of the molecule is Cc1ccc(-c2nc3sc(C4CC4)nn3c2CO)c(C)c1. The van der Waals surface area contributed by atoms with Crippen LogP contribution in [0.3, 0.4) is 0 Å². The van der Waals surface area contributed by atoms with Gasteiger partial charge < -0.3 is 5.11 Å². The molecule has 4 nitrogen and oxygen atoms in total. The van der Waals surface area contributed by atoms with Crippen LogP contribution >= 0.6 is 11.3 Å². The van der Waals surface area contributed by atoms with Crippen molar-refractivity contribution in [1.29, 1.82) is 0 Å². The second-order valence-corrected chi connectivity index (χ2v) is 6.78. The third kappa shape index (κ3) is 2.08. The Bertz CT molecular complexity index is 830. The van der Waals surface area contributed by atoms with E-state index < -0.39 is 0 Å². The highest BCUT2D eigenvalue weighted by atomic mass is 32.1. The van der Waals surface area contributed by atoms with Crippen molar-refractivity contribution in [1.82, 2.24) is 14.6 Å². The molecule has 5 heteroatoms. The average molecular weight is 299 g/mol. The smallest absolute Gasteiger partial charge is 0.213 e. The third-order valence-electron chi connectivity index (χ3n) is 4.03. The Hall–Kier alpha value is -1.72. The van der Waals surface area contributed by atoms with Gasteiger partial charge in [-0.15, -0.1) is 0 Å². The van der Waals surface area contributed by atoms with E-state index in [1.165, 1.54) is 24.0 Å². The number of rotatable bonds is 3. The Morgan fingerprint density at radius 3 is 2.81 bits per heavy atom. The predicted octanol–water partition coefficient (Wildman–Crippen LogP) is 3.44. The predicted molar refractivity (Wildman–Crippen MR) is 83.7 cm³/mol. The van der Waals surface area contributed by atoms with Crippen LogP contribution in [-0.4, -0.2) is 19.7 Å². The lowest BCUT2D eigenvalue weighted by molar-refractivity contribution is 0.275. The van der Waals surface area contributed by atoms with Gasteiger partial charge in [-0.05, 0) is 32.3 Å². The van der Waals surface area contributed by atoms with Crippen LogP contribution in [0.15, 0.2) is 18.2 Å². The molecule has 108 valence electrons. The molecule has 1 fully saturated rings. The summed E-state index contributed by atoms with van der Waals surface area (Å²) in [6, 6.07) is 6.31. The molecule has 0 aliphatic heterocycles. The number of aliphatic hydroxyl groups is 1. The van der Waals surface area contributed by atoms with E-state index in [-0.39, 0.29) is 6.61 Å². The fourth-order valence-corrected chi connectivity index (χ4v) is 3.82. The minimum absolute atomic E-state index is 0.0440. The van der Waals surface area contributed by atoms with Crippen molar-refractivity contribution in [2.75, 3.05) is 0 Å². The first-order valence-corrected chi connectivity index (χ1v) is 8.06. The van der Waals surface area contributed by atoms with Gasteiger partial charge in [-0.2, -0.15) is 5.10 Å². The van der Waals surface area contributed by atoms with Crippen molar-refractivity contribution in [3.8, 4) is 11.3 Å². The van der Waals surface area contributed by atoms with Crippen LogP contribution in [0.25, 0.3) is 16.2 Å². The molecule has 0 spiro atoms. The number of hydrogen-bond donors (Lipinski definition) is 1. The second kappa shape index (κ2) is 4.64. The summed E-state index contributed by atoms with van der Waals surface area (Å²) in [6.07, 6.45) is 2.46. The number of benzene rings is 1. The Morgan fingerprint density at radius 1 is 1.33 bits per heavy atom. The molecule has 1 aromatic carbocycles. The van der Waals surface area contributed by atoms with Gasteiger partial charge in [0.15, 0.2) is 0 Å². The lowest BCUT2D eigenvalue weighted by atomic mass is 10.0. The van der Waals surface area contributed by atoms with E-state index in [1.807, 2.05) is 4.52 Å². The lowest BCUT2D eigenvalue weighted by Crippen LogP contribution is -1.97. The fraction of sp³-hybridized carbons (Fsp3) is 0.375. The molecule has 0 bridgehead atoms. The second-order valence-electron chi connectivity index (χ2n) is 5.79. The van der Waals surface area contributed by atoms with Gasteiger partial charge >= 0.3 is 0 Å². The van der Waals surface area contributed by atoms with Gasteiger partial charge in [0.25, 0.3) is 0 Å². The zero-order valence-corrected chi connectivity index (χ0v) is 12.9. The van der Waals surface area contributed by atoms with Crippen LogP contribution in [0.5, 0.6) is 0 Å². The van der Waals surface area contributed by atoms with E-state index in [9.17, 15) is 5.11 Å². The van der Waals surface area contributed by atoms with Crippen molar-refractivity contribution in [3.63, 3.8) is 0 Å². The number of imidazole rings is 1. The monoisotopic (exact) mass is 299 g/mol. The van der Waals surface area contributed by atoms with Crippen molar-refractivity contribution >= 4 is 16.3 Å². The third-order valence-corrected chi connectivity index (χ3v) is 5.10. The maximum atomic E-state index is 9.78. The summed E-state index contributed by atoms with van der Waals surface area (Å²) in [5.41, 5.74) is 5.14. The van der Waals surface area contributed by atoms with E-state index in [0.29, 0.717) is 5.92 Å². The molecule has 3 aromatic rings. The van der Waals surface area contributed by atoms with Crippen molar-refractivity contribution in [3.05, 3.63) is 40.0 Å². The normalized spacial score (nSPS) is 15.0. The number of fused-ring (bicyclic) bond motifs is 1. The molecule has 0 amide bonds. The number of aliphatic hydroxyl groups excluding tert-OH is 1. The molecule has 1 saturated carbocycles. The Balaban J connectivity index is 1.89. The highest BCUT2D eigenvalue weighted by Gasteiger charge is 2.29. The van der Waals surface area contributed by atoms with Crippen LogP contribution in [0, 0.1) is 13.8 Å². The molecule has 4 rings (SSSR count). The molecular formula is C16H17N3OS. The summed E-state index contributed by atoms with van der Waals surface area (Å²) in [5, 5.41) is 15.6. The first-order valence-electron chi connectivity index (χ1n) is 7.24. The van der Waals surface area contributed by atoms with Crippen LogP contribution in [0.1, 0.15) is 40.6 Å². The van der Waals surface area contributed by atoms with Crippen LogP contribution in [0.4, 0.5) is 0 Å². The van der Waals surface area contributed by atoms with Gasteiger partial charge in [-0.1, -0.05) is 35.1 Å². The molecule has 1 aliphatic carbocycles.